The van der Waals surface area contributed by atoms with Crippen molar-refractivity contribution in [1.29, 1.82) is 0 Å². The minimum absolute atomic E-state index is 0.254. The molecule has 0 saturated heterocycles. The van der Waals surface area contributed by atoms with Gasteiger partial charge < -0.3 is 10.6 Å². The second-order valence-electron chi connectivity index (χ2n) is 4.58. The van der Waals surface area contributed by atoms with E-state index in [1.807, 2.05) is 36.1 Å². The molecule has 3 nitrogen and oxygen atoms in total. The molecule has 0 aliphatic heterocycles. The standard InChI is InChI=1S/C14H20N2O/c1-2-16(14(17)12-4-3-5-12)13-8-6-11(10-15)7-9-13/h6-9,12H,2-5,10,15H2,1H3. The summed E-state index contributed by atoms with van der Waals surface area (Å²) in [4.78, 5) is 14.1. The number of anilines is 1. The normalized spacial score (nSPS) is 15.4. The Morgan fingerprint density at radius 2 is 2.00 bits per heavy atom. The molecule has 1 aromatic rings. The van der Waals surface area contributed by atoms with E-state index in [1.165, 1.54) is 6.42 Å². The van der Waals surface area contributed by atoms with Crippen molar-refractivity contribution in [2.75, 3.05) is 11.4 Å². The zero-order chi connectivity index (χ0) is 12.3. The highest BCUT2D eigenvalue weighted by molar-refractivity contribution is 5.95. The van der Waals surface area contributed by atoms with Crippen LogP contribution in [0.1, 0.15) is 31.7 Å². The van der Waals surface area contributed by atoms with Crippen LogP contribution >= 0.6 is 0 Å². The molecule has 0 unspecified atom stereocenters. The number of carbonyl (C=O) groups excluding carboxylic acids is 1. The van der Waals surface area contributed by atoms with Crippen molar-refractivity contribution < 1.29 is 4.79 Å². The molecule has 0 spiro atoms. The van der Waals surface area contributed by atoms with Gasteiger partial charge in [-0.1, -0.05) is 18.6 Å². The van der Waals surface area contributed by atoms with E-state index in [1.54, 1.807) is 0 Å². The Kier molecular flexibility index (Phi) is 3.79. The summed E-state index contributed by atoms with van der Waals surface area (Å²) in [6.07, 6.45) is 3.30. The third-order valence-electron chi connectivity index (χ3n) is 3.52. The monoisotopic (exact) mass is 232 g/mol. The van der Waals surface area contributed by atoms with Crippen LogP contribution in [-0.2, 0) is 11.3 Å². The quantitative estimate of drug-likeness (QED) is 0.865. The van der Waals surface area contributed by atoms with Crippen LogP contribution in [0.4, 0.5) is 5.69 Å². The van der Waals surface area contributed by atoms with Gasteiger partial charge in [-0.15, -0.1) is 0 Å². The van der Waals surface area contributed by atoms with E-state index in [9.17, 15) is 4.79 Å². The van der Waals surface area contributed by atoms with Crippen molar-refractivity contribution in [2.24, 2.45) is 11.7 Å². The first-order valence-electron chi connectivity index (χ1n) is 6.36. The molecule has 1 aromatic carbocycles. The van der Waals surface area contributed by atoms with Gasteiger partial charge in [0.05, 0.1) is 0 Å². The molecular formula is C14H20N2O. The molecule has 1 fully saturated rings. The summed E-state index contributed by atoms with van der Waals surface area (Å²) in [5.41, 5.74) is 7.65. The van der Waals surface area contributed by atoms with Crippen LogP contribution < -0.4 is 10.6 Å². The summed E-state index contributed by atoms with van der Waals surface area (Å²) >= 11 is 0. The average molecular weight is 232 g/mol. The summed E-state index contributed by atoms with van der Waals surface area (Å²) < 4.78 is 0. The topological polar surface area (TPSA) is 46.3 Å². The Morgan fingerprint density at radius 1 is 1.35 bits per heavy atom. The van der Waals surface area contributed by atoms with Gasteiger partial charge in [0.2, 0.25) is 5.91 Å². The van der Waals surface area contributed by atoms with Crippen LogP contribution in [-0.4, -0.2) is 12.5 Å². The predicted molar refractivity (Wildman–Crippen MR) is 69.7 cm³/mol. The van der Waals surface area contributed by atoms with Crippen molar-refractivity contribution in [2.45, 2.75) is 32.7 Å². The third-order valence-corrected chi connectivity index (χ3v) is 3.52. The number of amides is 1. The predicted octanol–water partition coefficient (Wildman–Crippen LogP) is 2.30. The molecule has 1 aliphatic rings. The SMILES string of the molecule is CCN(C(=O)C1CCC1)c1ccc(CN)cc1. The number of rotatable bonds is 4. The van der Waals surface area contributed by atoms with Crippen molar-refractivity contribution in [1.82, 2.24) is 0 Å². The lowest BCUT2D eigenvalue weighted by molar-refractivity contribution is -0.124. The smallest absolute Gasteiger partial charge is 0.230 e. The molecule has 1 aliphatic carbocycles. The fraction of sp³-hybridized carbons (Fsp3) is 0.500. The number of carbonyl (C=O) groups is 1. The Hall–Kier alpha value is -1.35. The van der Waals surface area contributed by atoms with Gasteiger partial charge in [-0.3, -0.25) is 4.79 Å². The first-order chi connectivity index (χ1) is 8.26. The first-order valence-corrected chi connectivity index (χ1v) is 6.36. The molecule has 17 heavy (non-hydrogen) atoms. The second-order valence-corrected chi connectivity index (χ2v) is 4.58. The molecule has 0 heterocycles. The van der Waals surface area contributed by atoms with Gasteiger partial charge in [0.25, 0.3) is 0 Å². The van der Waals surface area contributed by atoms with E-state index in [2.05, 4.69) is 0 Å². The van der Waals surface area contributed by atoms with Gasteiger partial charge in [0.15, 0.2) is 0 Å². The molecule has 2 rings (SSSR count). The van der Waals surface area contributed by atoms with Crippen LogP contribution in [0.25, 0.3) is 0 Å². The van der Waals surface area contributed by atoms with E-state index >= 15 is 0 Å². The third kappa shape index (κ3) is 2.50. The molecular weight excluding hydrogens is 212 g/mol. The number of hydrogen-bond donors (Lipinski definition) is 1. The molecule has 1 saturated carbocycles. The van der Waals surface area contributed by atoms with Gasteiger partial charge in [0.1, 0.15) is 0 Å². The van der Waals surface area contributed by atoms with Crippen LogP contribution in [0.3, 0.4) is 0 Å². The lowest BCUT2D eigenvalue weighted by Gasteiger charge is -2.31. The molecule has 92 valence electrons. The minimum atomic E-state index is 0.254. The fourth-order valence-corrected chi connectivity index (χ4v) is 2.15. The number of nitrogens with two attached hydrogens (primary N) is 1. The first kappa shape index (κ1) is 12.1. The van der Waals surface area contributed by atoms with E-state index in [0.29, 0.717) is 6.54 Å². The van der Waals surface area contributed by atoms with Gasteiger partial charge in [-0.2, -0.15) is 0 Å². The van der Waals surface area contributed by atoms with E-state index < -0.39 is 0 Å². The van der Waals surface area contributed by atoms with Crippen LogP contribution in [0.2, 0.25) is 0 Å². The number of nitrogens with zero attached hydrogens (tertiary/aromatic N) is 1. The van der Waals surface area contributed by atoms with Crippen molar-refractivity contribution in [3.63, 3.8) is 0 Å². The summed E-state index contributed by atoms with van der Waals surface area (Å²) in [5, 5.41) is 0. The maximum Gasteiger partial charge on any atom is 0.230 e. The zero-order valence-corrected chi connectivity index (χ0v) is 10.4. The average Bonchev–Trinajstić information content (AvgIpc) is 2.28. The largest absolute Gasteiger partial charge is 0.326 e. The van der Waals surface area contributed by atoms with Crippen LogP contribution in [0, 0.1) is 5.92 Å². The van der Waals surface area contributed by atoms with Gasteiger partial charge >= 0.3 is 0 Å². The summed E-state index contributed by atoms with van der Waals surface area (Å²) in [6, 6.07) is 7.96. The highest BCUT2D eigenvalue weighted by atomic mass is 16.2. The van der Waals surface area contributed by atoms with Crippen molar-refractivity contribution >= 4 is 11.6 Å². The van der Waals surface area contributed by atoms with E-state index in [-0.39, 0.29) is 11.8 Å². The van der Waals surface area contributed by atoms with E-state index in [0.717, 1.165) is 30.6 Å². The van der Waals surface area contributed by atoms with E-state index in [4.69, 9.17) is 5.73 Å². The summed E-state index contributed by atoms with van der Waals surface area (Å²) in [6.45, 7) is 3.30. The Morgan fingerprint density at radius 3 is 2.41 bits per heavy atom. The molecule has 0 aromatic heterocycles. The highest BCUT2D eigenvalue weighted by Crippen LogP contribution is 2.30. The molecule has 3 heteroatoms. The van der Waals surface area contributed by atoms with Crippen molar-refractivity contribution in [3.05, 3.63) is 29.8 Å². The number of benzene rings is 1. The molecule has 2 N–H and O–H groups in total. The minimum Gasteiger partial charge on any atom is -0.326 e. The Bertz CT molecular complexity index is 382. The lowest BCUT2D eigenvalue weighted by atomic mass is 9.84. The van der Waals surface area contributed by atoms with Crippen molar-refractivity contribution in [3.8, 4) is 0 Å². The molecule has 1 amide bonds. The second kappa shape index (κ2) is 5.32. The van der Waals surface area contributed by atoms with Gasteiger partial charge in [-0.05, 0) is 37.5 Å². The van der Waals surface area contributed by atoms with Gasteiger partial charge in [0, 0.05) is 24.7 Å². The summed E-state index contributed by atoms with van der Waals surface area (Å²) in [5.74, 6) is 0.531. The van der Waals surface area contributed by atoms with Crippen LogP contribution in [0.15, 0.2) is 24.3 Å². The molecule has 0 atom stereocenters. The fourth-order valence-electron chi connectivity index (χ4n) is 2.15. The highest BCUT2D eigenvalue weighted by Gasteiger charge is 2.29. The molecule has 0 radical (unpaired) electrons. The zero-order valence-electron chi connectivity index (χ0n) is 10.4. The summed E-state index contributed by atoms with van der Waals surface area (Å²) in [7, 11) is 0. The maximum absolute atomic E-state index is 12.2. The lowest BCUT2D eigenvalue weighted by Crippen LogP contribution is -2.38. The van der Waals surface area contributed by atoms with Crippen LogP contribution in [0.5, 0.6) is 0 Å². The Labute approximate surface area is 103 Å². The molecule has 0 bridgehead atoms. The number of hydrogen-bond acceptors (Lipinski definition) is 2. The Balaban J connectivity index is 2.13. The maximum atomic E-state index is 12.2. The van der Waals surface area contributed by atoms with Gasteiger partial charge in [-0.25, -0.2) is 0 Å².